The predicted molar refractivity (Wildman–Crippen MR) is 150 cm³/mol. The van der Waals surface area contributed by atoms with Crippen LogP contribution in [-0.2, 0) is 10.0 Å². The summed E-state index contributed by atoms with van der Waals surface area (Å²) >= 11 is 0.673. The fourth-order valence-electron chi connectivity index (χ4n) is 5.17. The fourth-order valence-corrected chi connectivity index (χ4v) is 7.29. The van der Waals surface area contributed by atoms with Crippen molar-refractivity contribution in [2.45, 2.75) is 42.7 Å². The summed E-state index contributed by atoms with van der Waals surface area (Å²) in [6.45, 7) is 3.34. The van der Waals surface area contributed by atoms with Crippen LogP contribution in [0.2, 0.25) is 0 Å². The highest BCUT2D eigenvalue weighted by molar-refractivity contribution is 7.89. The van der Waals surface area contributed by atoms with Gasteiger partial charge in [0.05, 0.1) is 21.9 Å². The van der Waals surface area contributed by atoms with Gasteiger partial charge < -0.3 is 14.7 Å². The third-order valence-electron chi connectivity index (χ3n) is 7.47. The molecule has 1 atom stereocenters. The van der Waals surface area contributed by atoms with Crippen LogP contribution in [0.4, 0.5) is 19.4 Å². The van der Waals surface area contributed by atoms with E-state index in [1.54, 1.807) is 25.1 Å². The maximum atomic E-state index is 13.5. The van der Waals surface area contributed by atoms with Gasteiger partial charge in [-0.15, -0.1) is 10.2 Å². The minimum absolute atomic E-state index is 0.0860. The molecule has 0 unspecified atom stereocenters. The smallest absolute Gasteiger partial charge is 0.319 e. The number of benzene rings is 1. The standard InChI is InChI=1S/C25H26F2N10O3S2/c1-14-11-35(8-9-36(14)24(38)34(2)3)20-18-16-5-4-15(42(39,40)33-25(12-28)6-7-25)10-17(16)37(21(18)30-13-29-20)23-32-31-22(41-23)19(26)27/h4-5,10,13-14,19,33H,6-9,11H2,1-3H3/t14-/m0/s1. The Morgan fingerprint density at radius 3 is 2.62 bits per heavy atom. The van der Waals surface area contributed by atoms with Crippen molar-refractivity contribution >= 4 is 55.1 Å². The lowest BCUT2D eigenvalue weighted by Gasteiger charge is -2.41. The Labute approximate surface area is 243 Å². The Bertz CT molecular complexity index is 1860. The number of piperazine rings is 1. The Morgan fingerprint density at radius 1 is 1.24 bits per heavy atom. The number of rotatable bonds is 6. The molecular weight excluding hydrogens is 590 g/mol. The van der Waals surface area contributed by atoms with Crippen molar-refractivity contribution in [2.24, 2.45) is 0 Å². The first-order chi connectivity index (χ1) is 19.9. The van der Waals surface area contributed by atoms with Crippen LogP contribution < -0.4 is 9.62 Å². The number of alkyl halides is 2. The van der Waals surface area contributed by atoms with E-state index in [4.69, 9.17) is 0 Å². The van der Waals surface area contributed by atoms with Gasteiger partial charge in [-0.2, -0.15) is 9.98 Å². The van der Waals surface area contributed by atoms with E-state index < -0.39 is 27.0 Å². The normalized spacial score (nSPS) is 18.5. The molecule has 0 bridgehead atoms. The van der Waals surface area contributed by atoms with Crippen LogP contribution >= 0.6 is 11.3 Å². The Kier molecular flexibility index (Phi) is 6.74. The van der Waals surface area contributed by atoms with Gasteiger partial charge in [0, 0.05) is 45.2 Å². The van der Waals surface area contributed by atoms with Crippen LogP contribution in [0, 0.1) is 11.3 Å². The number of nitrogens with one attached hydrogen (secondary N) is 1. The minimum Gasteiger partial charge on any atom is -0.352 e. The molecule has 2 amide bonds. The van der Waals surface area contributed by atoms with E-state index in [0.29, 0.717) is 71.6 Å². The lowest BCUT2D eigenvalue weighted by molar-refractivity contribution is 0.146. The number of halogens is 2. The average Bonchev–Trinajstić information content (AvgIpc) is 3.40. The molecule has 4 aromatic rings. The van der Waals surface area contributed by atoms with E-state index in [1.165, 1.54) is 27.9 Å². The van der Waals surface area contributed by atoms with Crippen LogP contribution in [-0.4, -0.2) is 94.3 Å². The van der Waals surface area contributed by atoms with Gasteiger partial charge in [-0.1, -0.05) is 17.4 Å². The summed E-state index contributed by atoms with van der Waals surface area (Å²) in [7, 11) is -0.689. The molecule has 1 saturated carbocycles. The summed E-state index contributed by atoms with van der Waals surface area (Å²) in [5, 5.41) is 17.8. The first-order valence-electron chi connectivity index (χ1n) is 13.0. The molecule has 17 heteroatoms. The number of anilines is 1. The molecule has 1 aliphatic heterocycles. The van der Waals surface area contributed by atoms with Crippen molar-refractivity contribution in [1.29, 1.82) is 5.26 Å². The van der Waals surface area contributed by atoms with E-state index in [2.05, 4.69) is 24.9 Å². The second-order valence-corrected chi connectivity index (χ2v) is 13.3. The molecule has 13 nitrogen and oxygen atoms in total. The highest BCUT2D eigenvalue weighted by Crippen LogP contribution is 2.40. The van der Waals surface area contributed by atoms with E-state index >= 15 is 0 Å². The number of nitriles is 1. The lowest BCUT2D eigenvalue weighted by Crippen LogP contribution is -2.56. The van der Waals surface area contributed by atoms with Crippen LogP contribution in [0.1, 0.15) is 31.2 Å². The van der Waals surface area contributed by atoms with Crippen molar-refractivity contribution in [1.82, 2.24) is 39.3 Å². The highest BCUT2D eigenvalue weighted by Gasteiger charge is 2.47. The van der Waals surface area contributed by atoms with Crippen LogP contribution in [0.5, 0.6) is 0 Å². The molecule has 0 spiro atoms. The number of carbonyl (C=O) groups excluding carboxylic acids is 1. The third kappa shape index (κ3) is 4.68. The second kappa shape index (κ2) is 10.1. The molecule has 42 heavy (non-hydrogen) atoms. The van der Waals surface area contributed by atoms with Crippen LogP contribution in [0.25, 0.3) is 27.1 Å². The number of hydrogen-bond donors (Lipinski definition) is 1. The summed E-state index contributed by atoms with van der Waals surface area (Å²) < 4.78 is 57.5. The van der Waals surface area contributed by atoms with Gasteiger partial charge in [0.15, 0.2) is 10.7 Å². The maximum absolute atomic E-state index is 13.5. The van der Waals surface area contributed by atoms with Gasteiger partial charge in [-0.05, 0) is 31.9 Å². The maximum Gasteiger partial charge on any atom is 0.319 e. The van der Waals surface area contributed by atoms with Crippen molar-refractivity contribution in [3.63, 3.8) is 0 Å². The number of urea groups is 1. The number of hydrogen-bond acceptors (Lipinski definition) is 10. The van der Waals surface area contributed by atoms with Gasteiger partial charge in [-0.3, -0.25) is 4.57 Å². The number of sulfonamides is 1. The Hall–Kier alpha value is -4.01. The zero-order valence-electron chi connectivity index (χ0n) is 22.8. The summed E-state index contributed by atoms with van der Waals surface area (Å²) in [6.07, 6.45) is -0.653. The molecule has 1 saturated heterocycles. The van der Waals surface area contributed by atoms with Crippen molar-refractivity contribution < 1.29 is 22.0 Å². The van der Waals surface area contributed by atoms with E-state index in [-0.39, 0.29) is 22.1 Å². The molecule has 1 aromatic carbocycles. The van der Waals surface area contributed by atoms with E-state index in [0.717, 1.165) is 0 Å². The Balaban J connectivity index is 1.51. The first kappa shape index (κ1) is 28.1. The molecular formula is C25H26F2N10O3S2. The fraction of sp³-hybridized carbons (Fsp3) is 0.440. The number of carbonyl (C=O) groups is 1. The van der Waals surface area contributed by atoms with E-state index in [1.807, 2.05) is 17.9 Å². The van der Waals surface area contributed by atoms with Gasteiger partial charge >= 0.3 is 6.03 Å². The zero-order valence-corrected chi connectivity index (χ0v) is 24.5. The van der Waals surface area contributed by atoms with Crippen LogP contribution in [0.3, 0.4) is 0 Å². The van der Waals surface area contributed by atoms with Gasteiger partial charge in [0.25, 0.3) is 6.43 Å². The quantitative estimate of drug-likeness (QED) is 0.345. The van der Waals surface area contributed by atoms with Crippen LogP contribution in [0.15, 0.2) is 29.4 Å². The van der Waals surface area contributed by atoms with Gasteiger partial charge in [0.2, 0.25) is 15.2 Å². The molecule has 2 fully saturated rings. The Morgan fingerprint density at radius 2 is 2.00 bits per heavy atom. The molecule has 2 aliphatic rings. The van der Waals surface area contributed by atoms with Gasteiger partial charge in [0.1, 0.15) is 17.7 Å². The SMILES string of the molecule is C[C@H]1CN(c2ncnc3c2c2ccc(S(=O)(=O)NC4(C#N)CC4)cc2n3-c2nnc(C(F)F)s2)CCN1C(=O)N(C)C. The topological polar surface area (TPSA) is 153 Å². The third-order valence-corrected chi connectivity index (χ3v) is 9.92. The average molecular weight is 617 g/mol. The molecule has 220 valence electrons. The van der Waals surface area contributed by atoms with E-state index in [9.17, 15) is 27.3 Å². The largest absolute Gasteiger partial charge is 0.352 e. The lowest BCUT2D eigenvalue weighted by atomic mass is 10.1. The second-order valence-electron chi connectivity index (χ2n) is 10.6. The molecule has 0 radical (unpaired) electrons. The molecule has 1 N–H and O–H groups in total. The van der Waals surface area contributed by atoms with Crippen molar-refractivity contribution in [2.75, 3.05) is 38.6 Å². The number of fused-ring (bicyclic) bond motifs is 3. The monoisotopic (exact) mass is 616 g/mol. The molecule has 1 aliphatic carbocycles. The van der Waals surface area contributed by atoms with Crippen molar-refractivity contribution in [3.05, 3.63) is 29.5 Å². The summed E-state index contributed by atoms with van der Waals surface area (Å²) in [4.78, 5) is 26.9. The number of nitrogens with zero attached hydrogens (tertiary/aromatic N) is 9. The minimum atomic E-state index is -4.09. The molecule has 3 aromatic heterocycles. The first-order valence-corrected chi connectivity index (χ1v) is 15.3. The predicted octanol–water partition coefficient (Wildman–Crippen LogP) is 2.89. The summed E-state index contributed by atoms with van der Waals surface area (Å²) in [5.41, 5.74) is -0.440. The zero-order chi connectivity index (χ0) is 30.0. The highest BCUT2D eigenvalue weighted by atomic mass is 32.2. The van der Waals surface area contributed by atoms with Crippen molar-refractivity contribution in [3.8, 4) is 11.2 Å². The summed E-state index contributed by atoms with van der Waals surface area (Å²) in [5.74, 6) is 0.557. The van der Waals surface area contributed by atoms with Gasteiger partial charge in [-0.25, -0.2) is 32.0 Å². The molecule has 6 rings (SSSR count). The molecule has 4 heterocycles. The number of aromatic nitrogens is 5. The number of amides is 2. The summed E-state index contributed by atoms with van der Waals surface area (Å²) in [6, 6.07) is 6.25.